The summed E-state index contributed by atoms with van der Waals surface area (Å²) in [5.41, 5.74) is 2.29. The van der Waals surface area contributed by atoms with Gasteiger partial charge in [0.2, 0.25) is 0 Å². The van der Waals surface area contributed by atoms with Crippen LogP contribution in [0.1, 0.15) is 92.6 Å². The lowest BCUT2D eigenvalue weighted by molar-refractivity contribution is -0.0949. The van der Waals surface area contributed by atoms with Crippen LogP contribution in [-0.2, 0) is 34.8 Å². The van der Waals surface area contributed by atoms with E-state index in [2.05, 4.69) is 70.0 Å². The molecule has 8 heteroatoms. The molecule has 288 valence electrons. The molecule has 1 aromatic rings. The van der Waals surface area contributed by atoms with E-state index in [1.165, 1.54) is 5.56 Å². The zero-order valence-corrected chi connectivity index (χ0v) is 32.9. The van der Waals surface area contributed by atoms with Gasteiger partial charge in [-0.05, 0) is 94.8 Å². The highest BCUT2D eigenvalue weighted by Gasteiger charge is 2.49. The number of amides is 1. The van der Waals surface area contributed by atoms with Gasteiger partial charge in [0.15, 0.2) is 0 Å². The second-order valence-corrected chi connectivity index (χ2v) is 17.0. The van der Waals surface area contributed by atoms with Crippen LogP contribution in [0.4, 0.5) is 4.79 Å². The Morgan fingerprint density at radius 2 is 1.73 bits per heavy atom. The van der Waals surface area contributed by atoms with Crippen molar-refractivity contribution in [3.63, 3.8) is 0 Å². The maximum atomic E-state index is 13.1. The third-order valence-electron chi connectivity index (χ3n) is 11.3. The molecule has 4 saturated heterocycles. The average molecular weight is 720 g/mol. The smallest absolute Gasteiger partial charge is 0.412 e. The molecule has 0 spiro atoms. The number of ether oxygens (including phenoxy) is 6. The molecule has 5 rings (SSSR count). The number of hydrogen-bond acceptors (Lipinski definition) is 7. The number of carbonyl (C=O) groups excluding carboxylic acids is 1. The summed E-state index contributed by atoms with van der Waals surface area (Å²) in [6, 6.07) is 10.7. The number of carbonyl (C=O) groups is 1. The van der Waals surface area contributed by atoms with Crippen LogP contribution < -0.4 is 0 Å². The lowest BCUT2D eigenvalue weighted by Crippen LogP contribution is -2.46. The molecule has 0 aromatic heterocycles. The Morgan fingerprint density at radius 1 is 0.981 bits per heavy atom. The van der Waals surface area contributed by atoms with Crippen LogP contribution >= 0.6 is 0 Å². The van der Waals surface area contributed by atoms with Crippen molar-refractivity contribution in [1.82, 2.24) is 4.90 Å². The highest BCUT2D eigenvalue weighted by Crippen LogP contribution is 2.44. The van der Waals surface area contributed by atoms with Crippen molar-refractivity contribution >= 4 is 6.09 Å². The quantitative estimate of drug-likeness (QED) is 0.140. The highest BCUT2D eigenvalue weighted by atomic mass is 16.6. The highest BCUT2D eigenvalue weighted by molar-refractivity contribution is 5.69. The molecule has 10 atom stereocenters. The van der Waals surface area contributed by atoms with E-state index < -0.39 is 11.3 Å². The van der Waals surface area contributed by atoms with E-state index >= 15 is 0 Å². The minimum Gasteiger partial charge on any atom is -0.444 e. The molecule has 1 amide bonds. The van der Waals surface area contributed by atoms with Gasteiger partial charge in [-0.15, -0.1) is 6.58 Å². The summed E-state index contributed by atoms with van der Waals surface area (Å²) < 4.78 is 37.9. The van der Waals surface area contributed by atoms with Gasteiger partial charge in [0.1, 0.15) is 11.3 Å². The van der Waals surface area contributed by atoms with Crippen molar-refractivity contribution in [3.05, 3.63) is 85.0 Å². The Kier molecular flexibility index (Phi) is 13.7. The Balaban J connectivity index is 1.21. The van der Waals surface area contributed by atoms with Gasteiger partial charge in [-0.2, -0.15) is 0 Å². The predicted molar refractivity (Wildman–Crippen MR) is 206 cm³/mol. The fourth-order valence-corrected chi connectivity index (χ4v) is 8.43. The van der Waals surface area contributed by atoms with E-state index in [0.29, 0.717) is 43.9 Å². The fourth-order valence-electron chi connectivity index (χ4n) is 8.43. The van der Waals surface area contributed by atoms with Crippen LogP contribution in [-0.4, -0.2) is 84.8 Å². The molecule has 52 heavy (non-hydrogen) atoms. The Hall–Kier alpha value is -2.75. The van der Waals surface area contributed by atoms with E-state index in [-0.39, 0.29) is 48.8 Å². The third kappa shape index (κ3) is 10.7. The number of nitrogens with zero attached hydrogens (tertiary/aromatic N) is 1. The van der Waals surface area contributed by atoms with Gasteiger partial charge in [-0.1, -0.05) is 75.6 Å². The Morgan fingerprint density at radius 3 is 2.44 bits per heavy atom. The molecule has 1 aromatic carbocycles. The number of rotatable bonds is 14. The molecule has 2 unspecified atom stereocenters. The van der Waals surface area contributed by atoms with E-state index in [1.807, 2.05) is 40.7 Å². The van der Waals surface area contributed by atoms with Gasteiger partial charge in [-0.25, -0.2) is 4.79 Å². The fraction of sp³-hybridized carbons (Fsp3) is 0.659. The zero-order valence-electron chi connectivity index (χ0n) is 32.9. The van der Waals surface area contributed by atoms with E-state index in [4.69, 9.17) is 28.4 Å². The first-order valence-corrected chi connectivity index (χ1v) is 19.5. The Bertz CT molecular complexity index is 1400. The largest absolute Gasteiger partial charge is 0.444 e. The SMILES string of the molecule is C=CCOC/C=C/[C@H]1CC(=C)C(CC[C@H]2C[C@@H](C)C(=C)[C@@H](CC3O[C@H](C[C@H]4CN(C(=O)OC(C)(C)C)C(C)(C)O4)[C@H](C)[C@H]3Cc3ccccc3)O2)O1. The van der Waals surface area contributed by atoms with Crippen molar-refractivity contribution in [2.75, 3.05) is 19.8 Å². The maximum absolute atomic E-state index is 13.1. The summed E-state index contributed by atoms with van der Waals surface area (Å²) in [7, 11) is 0. The van der Waals surface area contributed by atoms with E-state index in [0.717, 1.165) is 49.7 Å². The van der Waals surface area contributed by atoms with Gasteiger partial charge >= 0.3 is 6.09 Å². The van der Waals surface area contributed by atoms with Crippen LogP contribution in [0.3, 0.4) is 0 Å². The molecule has 8 nitrogen and oxygen atoms in total. The molecular formula is C44H65NO7. The van der Waals surface area contributed by atoms with Gasteiger partial charge in [0.05, 0.1) is 62.5 Å². The van der Waals surface area contributed by atoms with Gasteiger partial charge in [0, 0.05) is 19.3 Å². The van der Waals surface area contributed by atoms with Crippen molar-refractivity contribution in [3.8, 4) is 0 Å². The first-order chi connectivity index (χ1) is 24.6. The van der Waals surface area contributed by atoms with Crippen molar-refractivity contribution < 1.29 is 33.2 Å². The summed E-state index contributed by atoms with van der Waals surface area (Å²) in [4.78, 5) is 14.8. The first kappa shape index (κ1) is 40.4. The summed E-state index contributed by atoms with van der Waals surface area (Å²) in [6.07, 6.45) is 11.5. The summed E-state index contributed by atoms with van der Waals surface area (Å²) >= 11 is 0. The molecule has 0 radical (unpaired) electrons. The first-order valence-electron chi connectivity index (χ1n) is 19.5. The second kappa shape index (κ2) is 17.6. The summed E-state index contributed by atoms with van der Waals surface area (Å²) in [5.74, 6) is 0.953. The van der Waals surface area contributed by atoms with Crippen LogP contribution in [0.2, 0.25) is 0 Å². The summed E-state index contributed by atoms with van der Waals surface area (Å²) in [5, 5.41) is 0. The topological polar surface area (TPSA) is 75.7 Å². The lowest BCUT2D eigenvalue weighted by atomic mass is 9.79. The lowest BCUT2D eigenvalue weighted by Gasteiger charge is -2.38. The zero-order chi connectivity index (χ0) is 37.6. The summed E-state index contributed by atoms with van der Waals surface area (Å²) in [6.45, 7) is 28.3. The van der Waals surface area contributed by atoms with E-state index in [1.54, 1.807) is 11.0 Å². The van der Waals surface area contributed by atoms with Crippen molar-refractivity contribution in [2.24, 2.45) is 17.8 Å². The standard InChI is InChI=1S/C44H65NO7/c1-11-21-47-22-15-18-34-24-30(3)38(48-34)20-19-35-23-29(2)31(4)40(49-35)27-41-37(25-33-16-13-12-14-17-33)32(5)39(50-41)26-36-28-45(44(9,10)51-36)42(46)52-43(6,7)8/h11-18,29,32,34-41H,1,3-4,19-28H2,2,5-10H3/b18-15+/t29-,32-,34+,35+,36+,37-,38?,39-,40-,41?/m1/s1. The number of benzene rings is 1. The number of hydrogen-bond donors (Lipinski definition) is 0. The molecule has 4 aliphatic heterocycles. The average Bonchev–Trinajstić information content (AvgIpc) is 3.69. The van der Waals surface area contributed by atoms with Crippen molar-refractivity contribution in [2.45, 2.75) is 147 Å². The molecule has 0 saturated carbocycles. The van der Waals surface area contributed by atoms with Gasteiger partial charge in [-0.3, -0.25) is 4.90 Å². The van der Waals surface area contributed by atoms with Crippen LogP contribution in [0.15, 0.2) is 79.4 Å². The molecule has 4 aliphatic rings. The monoisotopic (exact) mass is 719 g/mol. The predicted octanol–water partition coefficient (Wildman–Crippen LogP) is 9.00. The second-order valence-electron chi connectivity index (χ2n) is 17.0. The van der Waals surface area contributed by atoms with Gasteiger partial charge < -0.3 is 28.4 Å². The molecule has 0 aliphatic carbocycles. The molecule has 0 N–H and O–H groups in total. The normalized spacial score (nSPS) is 33.6. The van der Waals surface area contributed by atoms with Gasteiger partial charge in [0.25, 0.3) is 0 Å². The van der Waals surface area contributed by atoms with E-state index in [9.17, 15) is 4.79 Å². The molecule has 4 fully saturated rings. The van der Waals surface area contributed by atoms with Crippen molar-refractivity contribution in [1.29, 1.82) is 0 Å². The van der Waals surface area contributed by atoms with Crippen LogP contribution in [0.25, 0.3) is 0 Å². The van der Waals surface area contributed by atoms with Crippen LogP contribution in [0, 0.1) is 17.8 Å². The Labute approximate surface area is 313 Å². The molecule has 4 heterocycles. The third-order valence-corrected chi connectivity index (χ3v) is 11.3. The molecular weight excluding hydrogens is 654 g/mol. The minimum atomic E-state index is -0.760. The minimum absolute atomic E-state index is 0.00484. The molecule has 0 bridgehead atoms. The van der Waals surface area contributed by atoms with Crippen LogP contribution in [0.5, 0.6) is 0 Å². The maximum Gasteiger partial charge on any atom is 0.412 e.